The molecule has 2 N–H and O–H groups in total. The quantitative estimate of drug-likeness (QED) is 0.700. The first kappa shape index (κ1) is 12.2. The summed E-state index contributed by atoms with van der Waals surface area (Å²) in [5, 5.41) is 0. The van der Waals surface area contributed by atoms with E-state index in [0.717, 1.165) is 11.8 Å². The van der Waals surface area contributed by atoms with Crippen molar-refractivity contribution in [2.24, 2.45) is 17.6 Å². The Bertz CT molecular complexity index is 244. The minimum atomic E-state index is 0.376. The Hall–Kier alpha value is -0.300. The molecule has 0 aromatic heterocycles. The minimum absolute atomic E-state index is 0.376. The number of allylic oxidation sites excluding steroid dienone is 1. The summed E-state index contributed by atoms with van der Waals surface area (Å²) >= 11 is 0. The molecule has 2 aliphatic carbocycles. The third-order valence-electron chi connectivity index (χ3n) is 4.49. The fourth-order valence-electron chi connectivity index (χ4n) is 3.45. The van der Waals surface area contributed by atoms with E-state index in [1.165, 1.54) is 57.8 Å². The summed E-state index contributed by atoms with van der Waals surface area (Å²) in [5.74, 6) is 1.67. The molecule has 1 nitrogen and oxygen atoms in total. The molecule has 3 unspecified atom stereocenters. The molecule has 1 fully saturated rings. The molecule has 16 heavy (non-hydrogen) atoms. The average molecular weight is 221 g/mol. The van der Waals surface area contributed by atoms with Crippen LogP contribution < -0.4 is 5.73 Å². The Balaban J connectivity index is 1.94. The largest absolute Gasteiger partial charge is 0.324 e. The van der Waals surface area contributed by atoms with E-state index < -0.39 is 0 Å². The van der Waals surface area contributed by atoms with Gasteiger partial charge in [0.05, 0.1) is 0 Å². The molecule has 0 saturated heterocycles. The fourth-order valence-corrected chi connectivity index (χ4v) is 3.45. The van der Waals surface area contributed by atoms with Crippen LogP contribution in [0, 0.1) is 11.8 Å². The maximum atomic E-state index is 6.49. The standard InChI is InChI=1S/C15H27N/c1-12-7-6-10-14(11-12)15(16)13-8-4-2-3-5-9-13/h8,12,14-15H,2-7,9-11,16H2,1H3. The summed E-state index contributed by atoms with van der Waals surface area (Å²) in [6, 6.07) is 0.376. The van der Waals surface area contributed by atoms with Gasteiger partial charge in [-0.05, 0) is 50.4 Å². The van der Waals surface area contributed by atoms with Crippen molar-refractivity contribution in [2.45, 2.75) is 70.8 Å². The monoisotopic (exact) mass is 221 g/mol. The zero-order valence-corrected chi connectivity index (χ0v) is 10.8. The molecule has 3 atom stereocenters. The van der Waals surface area contributed by atoms with Gasteiger partial charge in [0.15, 0.2) is 0 Å². The molecule has 2 aliphatic rings. The second kappa shape index (κ2) is 5.86. The van der Waals surface area contributed by atoms with Gasteiger partial charge in [-0.15, -0.1) is 0 Å². The number of nitrogens with two attached hydrogens (primary N) is 1. The van der Waals surface area contributed by atoms with Crippen molar-refractivity contribution in [3.05, 3.63) is 11.6 Å². The van der Waals surface area contributed by atoms with E-state index in [9.17, 15) is 0 Å². The average Bonchev–Trinajstić information content (AvgIpc) is 2.56. The molecule has 0 amide bonds. The van der Waals surface area contributed by atoms with Gasteiger partial charge in [-0.2, -0.15) is 0 Å². The highest BCUT2D eigenvalue weighted by Crippen LogP contribution is 2.34. The van der Waals surface area contributed by atoms with E-state index in [4.69, 9.17) is 5.73 Å². The van der Waals surface area contributed by atoms with Crippen LogP contribution in [0.1, 0.15) is 64.7 Å². The van der Waals surface area contributed by atoms with Gasteiger partial charge in [0.1, 0.15) is 0 Å². The molecule has 0 bridgehead atoms. The lowest BCUT2D eigenvalue weighted by Crippen LogP contribution is -2.35. The van der Waals surface area contributed by atoms with Crippen molar-refractivity contribution in [1.82, 2.24) is 0 Å². The highest BCUT2D eigenvalue weighted by molar-refractivity contribution is 5.13. The fraction of sp³-hybridized carbons (Fsp3) is 0.867. The molecule has 92 valence electrons. The maximum absolute atomic E-state index is 6.49. The van der Waals surface area contributed by atoms with Crippen LogP contribution in [-0.4, -0.2) is 6.04 Å². The van der Waals surface area contributed by atoms with Gasteiger partial charge in [-0.3, -0.25) is 0 Å². The third kappa shape index (κ3) is 3.10. The third-order valence-corrected chi connectivity index (χ3v) is 4.49. The van der Waals surface area contributed by atoms with E-state index in [1.54, 1.807) is 5.57 Å². The molecule has 0 heterocycles. The predicted octanol–water partition coefficient (Wildman–Crippen LogP) is 4.03. The van der Waals surface area contributed by atoms with E-state index in [2.05, 4.69) is 13.0 Å². The molecule has 0 aromatic carbocycles. The van der Waals surface area contributed by atoms with Crippen molar-refractivity contribution in [3.63, 3.8) is 0 Å². The summed E-state index contributed by atoms with van der Waals surface area (Å²) in [4.78, 5) is 0. The van der Waals surface area contributed by atoms with Gasteiger partial charge in [0.2, 0.25) is 0 Å². The lowest BCUT2D eigenvalue weighted by molar-refractivity contribution is 0.258. The molecule has 1 heteroatoms. The normalized spacial score (nSPS) is 34.0. The Kier molecular flexibility index (Phi) is 4.45. The van der Waals surface area contributed by atoms with Gasteiger partial charge in [0, 0.05) is 6.04 Å². The first-order valence-electron chi connectivity index (χ1n) is 7.22. The van der Waals surface area contributed by atoms with E-state index in [1.807, 2.05) is 0 Å². The second-order valence-electron chi connectivity index (χ2n) is 5.94. The van der Waals surface area contributed by atoms with Crippen LogP contribution in [0.15, 0.2) is 11.6 Å². The second-order valence-corrected chi connectivity index (χ2v) is 5.94. The maximum Gasteiger partial charge on any atom is 0.0282 e. The van der Waals surface area contributed by atoms with Crippen molar-refractivity contribution >= 4 is 0 Å². The van der Waals surface area contributed by atoms with Gasteiger partial charge in [-0.25, -0.2) is 0 Å². The van der Waals surface area contributed by atoms with Crippen molar-refractivity contribution < 1.29 is 0 Å². The van der Waals surface area contributed by atoms with Gasteiger partial charge in [-0.1, -0.05) is 37.8 Å². The first-order chi connectivity index (χ1) is 7.77. The number of rotatable bonds is 2. The summed E-state index contributed by atoms with van der Waals surface area (Å²) in [6.07, 6.45) is 14.7. The molecule has 0 aromatic rings. The molecular formula is C15H27N. The van der Waals surface area contributed by atoms with Gasteiger partial charge in [0.25, 0.3) is 0 Å². The van der Waals surface area contributed by atoms with Crippen molar-refractivity contribution in [2.75, 3.05) is 0 Å². The lowest BCUT2D eigenvalue weighted by atomic mass is 9.76. The van der Waals surface area contributed by atoms with E-state index >= 15 is 0 Å². The van der Waals surface area contributed by atoms with E-state index in [0.29, 0.717) is 6.04 Å². The molecule has 2 rings (SSSR count). The highest BCUT2D eigenvalue weighted by atomic mass is 14.7. The molecule has 0 radical (unpaired) electrons. The minimum Gasteiger partial charge on any atom is -0.324 e. The molecular weight excluding hydrogens is 194 g/mol. The van der Waals surface area contributed by atoms with Crippen LogP contribution in [0.4, 0.5) is 0 Å². The lowest BCUT2D eigenvalue weighted by Gasteiger charge is -2.32. The molecule has 1 saturated carbocycles. The van der Waals surface area contributed by atoms with Crippen molar-refractivity contribution in [1.29, 1.82) is 0 Å². The van der Waals surface area contributed by atoms with Crippen LogP contribution in [0.3, 0.4) is 0 Å². The number of hydrogen-bond donors (Lipinski definition) is 1. The predicted molar refractivity (Wildman–Crippen MR) is 70.3 cm³/mol. The SMILES string of the molecule is CC1CCCC(C(N)C2=CCCCCC2)C1. The molecule has 0 aliphatic heterocycles. The Morgan fingerprint density at radius 3 is 2.88 bits per heavy atom. The smallest absolute Gasteiger partial charge is 0.0282 e. The van der Waals surface area contributed by atoms with E-state index in [-0.39, 0.29) is 0 Å². The Labute approximate surface area is 100 Å². The Morgan fingerprint density at radius 2 is 2.06 bits per heavy atom. The van der Waals surface area contributed by atoms with Crippen LogP contribution in [-0.2, 0) is 0 Å². The first-order valence-corrected chi connectivity index (χ1v) is 7.22. The van der Waals surface area contributed by atoms with Crippen LogP contribution in [0.2, 0.25) is 0 Å². The van der Waals surface area contributed by atoms with Crippen LogP contribution in [0.25, 0.3) is 0 Å². The topological polar surface area (TPSA) is 26.0 Å². The van der Waals surface area contributed by atoms with Crippen LogP contribution in [0.5, 0.6) is 0 Å². The van der Waals surface area contributed by atoms with Gasteiger partial charge < -0.3 is 5.73 Å². The van der Waals surface area contributed by atoms with Crippen LogP contribution >= 0.6 is 0 Å². The zero-order chi connectivity index (χ0) is 11.4. The Morgan fingerprint density at radius 1 is 1.19 bits per heavy atom. The highest BCUT2D eigenvalue weighted by Gasteiger charge is 2.26. The summed E-state index contributed by atoms with van der Waals surface area (Å²) in [7, 11) is 0. The summed E-state index contributed by atoms with van der Waals surface area (Å²) in [6.45, 7) is 2.39. The summed E-state index contributed by atoms with van der Waals surface area (Å²) in [5.41, 5.74) is 8.07. The number of hydrogen-bond acceptors (Lipinski definition) is 1. The van der Waals surface area contributed by atoms with Crippen molar-refractivity contribution in [3.8, 4) is 0 Å². The van der Waals surface area contributed by atoms with Gasteiger partial charge >= 0.3 is 0 Å². The zero-order valence-electron chi connectivity index (χ0n) is 10.8. The summed E-state index contributed by atoms with van der Waals surface area (Å²) < 4.78 is 0. The molecule has 0 spiro atoms.